The summed E-state index contributed by atoms with van der Waals surface area (Å²) in [6.45, 7) is 5.21. The van der Waals surface area contributed by atoms with Crippen molar-refractivity contribution >= 4 is 23.2 Å². The highest BCUT2D eigenvalue weighted by Crippen LogP contribution is 2.32. The molecule has 1 saturated heterocycles. The molecule has 4 heteroatoms. The Morgan fingerprint density at radius 1 is 1.21 bits per heavy atom. The molecule has 1 unspecified atom stereocenters. The second kappa shape index (κ2) is 6.45. The molecule has 0 amide bonds. The third-order valence-corrected chi connectivity index (χ3v) is 4.73. The first-order valence-electron chi connectivity index (χ1n) is 6.92. The molecular formula is C15H21Cl2NO. The van der Waals surface area contributed by atoms with E-state index in [0.29, 0.717) is 16.5 Å². The third kappa shape index (κ3) is 3.85. The highest BCUT2D eigenvalue weighted by molar-refractivity contribution is 6.36. The van der Waals surface area contributed by atoms with Crippen molar-refractivity contribution in [2.45, 2.75) is 38.2 Å². The van der Waals surface area contributed by atoms with Crippen molar-refractivity contribution in [3.63, 3.8) is 0 Å². The molecule has 0 radical (unpaired) electrons. The van der Waals surface area contributed by atoms with Gasteiger partial charge >= 0.3 is 0 Å². The van der Waals surface area contributed by atoms with E-state index in [1.165, 1.54) is 0 Å². The minimum absolute atomic E-state index is 0.545. The Bertz CT molecular complexity index is 418. The first kappa shape index (κ1) is 15.1. The molecule has 1 fully saturated rings. The van der Waals surface area contributed by atoms with Crippen LogP contribution in [0.25, 0.3) is 0 Å². The van der Waals surface area contributed by atoms with Crippen molar-refractivity contribution in [1.82, 2.24) is 4.90 Å². The van der Waals surface area contributed by atoms with Crippen LogP contribution in [0.5, 0.6) is 0 Å². The van der Waals surface area contributed by atoms with Crippen molar-refractivity contribution in [3.8, 4) is 0 Å². The molecule has 1 aliphatic heterocycles. The number of hydrogen-bond acceptors (Lipinski definition) is 2. The molecule has 1 aliphatic rings. The second-order valence-electron chi connectivity index (χ2n) is 5.39. The molecule has 1 atom stereocenters. The maximum absolute atomic E-state index is 10.8. The Balaban J connectivity index is 2.12. The fourth-order valence-corrected chi connectivity index (χ4v) is 3.29. The minimum atomic E-state index is -0.682. The van der Waals surface area contributed by atoms with Crippen molar-refractivity contribution in [1.29, 1.82) is 0 Å². The summed E-state index contributed by atoms with van der Waals surface area (Å²) < 4.78 is 0. The monoisotopic (exact) mass is 301 g/mol. The van der Waals surface area contributed by atoms with Gasteiger partial charge in [0.05, 0.1) is 5.60 Å². The van der Waals surface area contributed by atoms with Crippen LogP contribution in [0, 0.1) is 0 Å². The molecule has 0 bridgehead atoms. The van der Waals surface area contributed by atoms with Gasteiger partial charge in [-0.15, -0.1) is 0 Å². The van der Waals surface area contributed by atoms with Gasteiger partial charge in [0.15, 0.2) is 0 Å². The Kier molecular flexibility index (Phi) is 5.13. The van der Waals surface area contributed by atoms with Crippen LogP contribution in [0.2, 0.25) is 10.0 Å². The van der Waals surface area contributed by atoms with Crippen LogP contribution in [0.3, 0.4) is 0 Å². The van der Waals surface area contributed by atoms with Crippen LogP contribution in [0.15, 0.2) is 18.2 Å². The quantitative estimate of drug-likeness (QED) is 0.918. The van der Waals surface area contributed by atoms with E-state index in [1.54, 1.807) is 0 Å². The summed E-state index contributed by atoms with van der Waals surface area (Å²) >= 11 is 12.4. The molecule has 19 heavy (non-hydrogen) atoms. The van der Waals surface area contributed by atoms with Gasteiger partial charge in [-0.1, -0.05) is 36.2 Å². The summed E-state index contributed by atoms with van der Waals surface area (Å²) in [7, 11) is 0. The van der Waals surface area contributed by atoms with Gasteiger partial charge in [-0.05, 0) is 50.0 Å². The Hall–Kier alpha value is -0.280. The molecule has 2 rings (SSSR count). The van der Waals surface area contributed by atoms with E-state index in [9.17, 15) is 5.11 Å². The normalized spacial score (nSPS) is 25.3. The van der Waals surface area contributed by atoms with Crippen molar-refractivity contribution in [3.05, 3.63) is 33.8 Å². The van der Waals surface area contributed by atoms with Crippen LogP contribution in [-0.4, -0.2) is 35.2 Å². The van der Waals surface area contributed by atoms with Gasteiger partial charge in [-0.2, -0.15) is 0 Å². The largest absolute Gasteiger partial charge is 0.389 e. The first-order valence-corrected chi connectivity index (χ1v) is 7.67. The van der Waals surface area contributed by atoms with Gasteiger partial charge in [-0.3, -0.25) is 0 Å². The smallest absolute Gasteiger partial charge is 0.0701 e. The zero-order chi connectivity index (χ0) is 13.9. The summed E-state index contributed by atoms with van der Waals surface area (Å²) in [5, 5.41) is 12.1. The van der Waals surface area contributed by atoms with E-state index in [0.717, 1.165) is 44.5 Å². The molecule has 0 aliphatic carbocycles. The van der Waals surface area contributed by atoms with Gasteiger partial charge < -0.3 is 10.0 Å². The maximum Gasteiger partial charge on any atom is 0.0701 e. The fraction of sp³-hybridized carbons (Fsp3) is 0.600. The number of aliphatic hydroxyl groups is 1. The van der Waals surface area contributed by atoms with Crippen LogP contribution >= 0.6 is 23.2 Å². The van der Waals surface area contributed by atoms with Crippen LogP contribution in [0.1, 0.15) is 31.7 Å². The topological polar surface area (TPSA) is 23.5 Å². The van der Waals surface area contributed by atoms with Gasteiger partial charge in [0.25, 0.3) is 0 Å². The number of nitrogens with zero attached hydrogens (tertiary/aromatic N) is 1. The van der Waals surface area contributed by atoms with Crippen molar-refractivity contribution in [2.75, 3.05) is 19.6 Å². The van der Waals surface area contributed by atoms with Gasteiger partial charge in [-0.25, -0.2) is 0 Å². The average molecular weight is 302 g/mol. The zero-order valence-electron chi connectivity index (χ0n) is 11.3. The molecule has 0 aromatic heterocycles. The molecule has 0 saturated carbocycles. The lowest BCUT2D eigenvalue weighted by Crippen LogP contribution is -2.33. The molecule has 1 aromatic carbocycles. The van der Waals surface area contributed by atoms with Gasteiger partial charge in [0.2, 0.25) is 0 Å². The standard InChI is InChI=1S/C15H21Cl2NO/c1-2-18-9-4-7-15(19,8-10-18)11-12-13(16)5-3-6-14(12)17/h3,5-6,19H,2,4,7-11H2,1H3. The number of hydrogen-bond donors (Lipinski definition) is 1. The van der Waals surface area contributed by atoms with Crippen molar-refractivity contribution < 1.29 is 5.11 Å². The summed E-state index contributed by atoms with van der Waals surface area (Å²) in [6, 6.07) is 5.51. The van der Waals surface area contributed by atoms with Gasteiger partial charge in [0.1, 0.15) is 0 Å². The summed E-state index contributed by atoms with van der Waals surface area (Å²) in [4.78, 5) is 2.38. The third-order valence-electron chi connectivity index (χ3n) is 4.02. The Morgan fingerprint density at radius 2 is 1.89 bits per heavy atom. The van der Waals surface area contributed by atoms with Crippen LogP contribution in [0.4, 0.5) is 0 Å². The highest BCUT2D eigenvalue weighted by atomic mass is 35.5. The van der Waals surface area contributed by atoms with Crippen molar-refractivity contribution in [2.24, 2.45) is 0 Å². The summed E-state index contributed by atoms with van der Waals surface area (Å²) in [5.41, 5.74) is 0.191. The van der Waals surface area contributed by atoms with E-state index >= 15 is 0 Å². The first-order chi connectivity index (χ1) is 9.04. The maximum atomic E-state index is 10.8. The fourth-order valence-electron chi connectivity index (χ4n) is 2.76. The predicted molar refractivity (Wildman–Crippen MR) is 81.1 cm³/mol. The van der Waals surface area contributed by atoms with Gasteiger partial charge in [0, 0.05) is 23.0 Å². The summed E-state index contributed by atoms with van der Waals surface area (Å²) in [6.07, 6.45) is 3.16. The molecule has 106 valence electrons. The minimum Gasteiger partial charge on any atom is -0.389 e. The lowest BCUT2D eigenvalue weighted by molar-refractivity contribution is 0.0259. The lowest BCUT2D eigenvalue weighted by Gasteiger charge is -2.27. The summed E-state index contributed by atoms with van der Waals surface area (Å²) in [5.74, 6) is 0. The highest BCUT2D eigenvalue weighted by Gasteiger charge is 2.31. The van der Waals surface area contributed by atoms with E-state index in [-0.39, 0.29) is 0 Å². The zero-order valence-corrected chi connectivity index (χ0v) is 12.8. The number of benzene rings is 1. The van der Waals surface area contributed by atoms with E-state index in [1.807, 2.05) is 18.2 Å². The molecule has 1 aromatic rings. The number of rotatable bonds is 3. The van der Waals surface area contributed by atoms with E-state index in [4.69, 9.17) is 23.2 Å². The Morgan fingerprint density at radius 3 is 2.53 bits per heavy atom. The number of likely N-dealkylation sites (tertiary alicyclic amines) is 1. The molecule has 1 heterocycles. The number of halogens is 2. The van der Waals surface area contributed by atoms with E-state index in [2.05, 4.69) is 11.8 Å². The Labute approximate surface area is 125 Å². The molecular weight excluding hydrogens is 281 g/mol. The lowest BCUT2D eigenvalue weighted by atomic mass is 9.87. The predicted octanol–water partition coefficient (Wildman–Crippen LogP) is 3.77. The molecule has 2 nitrogen and oxygen atoms in total. The molecule has 1 N–H and O–H groups in total. The SMILES string of the molecule is CCN1CCCC(O)(Cc2c(Cl)cccc2Cl)CC1. The van der Waals surface area contributed by atoms with Crippen LogP contribution in [-0.2, 0) is 6.42 Å². The second-order valence-corrected chi connectivity index (χ2v) is 6.20. The van der Waals surface area contributed by atoms with Crippen LogP contribution < -0.4 is 0 Å². The van der Waals surface area contributed by atoms with E-state index < -0.39 is 5.60 Å². The molecule has 0 spiro atoms. The average Bonchev–Trinajstić information content (AvgIpc) is 2.56.